The van der Waals surface area contributed by atoms with Gasteiger partial charge in [-0.05, 0) is 31.0 Å². The van der Waals surface area contributed by atoms with Crippen molar-refractivity contribution in [1.82, 2.24) is 10.2 Å². The summed E-state index contributed by atoms with van der Waals surface area (Å²) in [6.45, 7) is 3.87. The summed E-state index contributed by atoms with van der Waals surface area (Å²) in [4.78, 5) is 12.4. The number of rotatable bonds is 7. The molecule has 0 spiro atoms. The van der Waals surface area contributed by atoms with Crippen LogP contribution in [0.25, 0.3) is 0 Å². The molecule has 1 amide bonds. The maximum atomic E-state index is 12.4. The van der Waals surface area contributed by atoms with E-state index < -0.39 is 10.0 Å². The zero-order valence-corrected chi connectivity index (χ0v) is 16.9. The fourth-order valence-corrected chi connectivity index (χ4v) is 4.17. The van der Waals surface area contributed by atoms with E-state index in [9.17, 15) is 13.2 Å². The molecule has 2 aromatic rings. The topological polar surface area (TPSA) is 92.3 Å². The molecule has 0 bridgehead atoms. The summed E-state index contributed by atoms with van der Waals surface area (Å²) in [6, 6.07) is 4.92. The van der Waals surface area contributed by atoms with Gasteiger partial charge in [-0.25, -0.2) is 8.42 Å². The minimum atomic E-state index is -3.41. The van der Waals surface area contributed by atoms with Gasteiger partial charge >= 0.3 is 0 Å². The number of hydrogen-bond donors (Lipinski definition) is 1. The first-order chi connectivity index (χ1) is 11.7. The lowest BCUT2D eigenvalue weighted by Crippen LogP contribution is -2.26. The molecule has 25 heavy (non-hydrogen) atoms. The monoisotopic (exact) mass is 400 g/mol. The quantitative estimate of drug-likeness (QED) is 0.567. The molecule has 0 saturated carbocycles. The van der Waals surface area contributed by atoms with Crippen LogP contribution < -0.4 is 9.62 Å². The van der Waals surface area contributed by atoms with E-state index >= 15 is 0 Å². The Morgan fingerprint density at radius 1 is 1.36 bits per heavy atom. The first-order valence-electron chi connectivity index (χ1n) is 7.54. The highest BCUT2D eigenvalue weighted by atomic mass is 32.2. The van der Waals surface area contributed by atoms with Crippen LogP contribution in [0.15, 0.2) is 22.5 Å². The van der Waals surface area contributed by atoms with Gasteiger partial charge in [0, 0.05) is 18.4 Å². The van der Waals surface area contributed by atoms with Crippen molar-refractivity contribution in [2.45, 2.75) is 24.6 Å². The van der Waals surface area contributed by atoms with Crippen LogP contribution in [0.5, 0.6) is 0 Å². The molecule has 0 unspecified atom stereocenters. The SMILES string of the molecule is CCCSc1nnc(NC(=O)c2ccc(C)c(N(C)S(C)(=O)=O)c2)s1. The maximum Gasteiger partial charge on any atom is 0.257 e. The fraction of sp³-hybridized carbons (Fsp3) is 0.400. The number of aryl methyl sites for hydroxylation is 1. The summed E-state index contributed by atoms with van der Waals surface area (Å²) in [5.74, 6) is 0.591. The standard InChI is InChI=1S/C15H20N4O3S3/c1-5-8-23-15-18-17-14(24-15)16-13(20)11-7-6-10(2)12(9-11)19(3)25(4,21)22/h6-7,9H,5,8H2,1-4H3,(H,16,17,20). The minimum Gasteiger partial charge on any atom is -0.296 e. The van der Waals surface area contributed by atoms with Crippen molar-refractivity contribution in [3.05, 3.63) is 29.3 Å². The van der Waals surface area contributed by atoms with Gasteiger partial charge in [-0.15, -0.1) is 10.2 Å². The second-order valence-corrected chi connectivity index (χ2v) is 9.74. The molecule has 1 aromatic heterocycles. The summed E-state index contributed by atoms with van der Waals surface area (Å²) in [7, 11) is -1.95. The van der Waals surface area contributed by atoms with Crippen molar-refractivity contribution < 1.29 is 13.2 Å². The molecule has 1 N–H and O–H groups in total. The molecule has 1 aromatic carbocycles. The van der Waals surface area contributed by atoms with Gasteiger partial charge in [0.25, 0.3) is 5.91 Å². The molecule has 0 atom stereocenters. The number of aromatic nitrogens is 2. The number of anilines is 2. The van der Waals surface area contributed by atoms with Crippen molar-refractivity contribution in [2.24, 2.45) is 0 Å². The third-order valence-electron chi connectivity index (χ3n) is 3.36. The molecule has 2 rings (SSSR count). The summed E-state index contributed by atoms with van der Waals surface area (Å²) in [5, 5.41) is 11.1. The van der Waals surface area contributed by atoms with Gasteiger partial charge in [-0.2, -0.15) is 0 Å². The Labute approximate surface area is 155 Å². The molecule has 0 aliphatic carbocycles. The predicted octanol–water partition coefficient (Wildman–Crippen LogP) is 3.00. The predicted molar refractivity (Wildman–Crippen MR) is 103 cm³/mol. The average Bonchev–Trinajstić information content (AvgIpc) is 2.99. The number of sulfonamides is 1. The number of amides is 1. The zero-order valence-electron chi connectivity index (χ0n) is 14.4. The maximum absolute atomic E-state index is 12.4. The normalized spacial score (nSPS) is 11.4. The van der Waals surface area contributed by atoms with Crippen LogP contribution in [0.4, 0.5) is 10.8 Å². The van der Waals surface area contributed by atoms with E-state index in [1.165, 1.54) is 18.4 Å². The fourth-order valence-electron chi connectivity index (χ4n) is 1.95. The summed E-state index contributed by atoms with van der Waals surface area (Å²) in [5.41, 5.74) is 1.58. The van der Waals surface area contributed by atoms with Crippen molar-refractivity contribution in [1.29, 1.82) is 0 Å². The smallest absolute Gasteiger partial charge is 0.257 e. The van der Waals surface area contributed by atoms with Crippen LogP contribution in [-0.4, -0.2) is 43.6 Å². The van der Waals surface area contributed by atoms with Gasteiger partial charge in [0.2, 0.25) is 15.2 Å². The van der Waals surface area contributed by atoms with Crippen LogP contribution >= 0.6 is 23.1 Å². The van der Waals surface area contributed by atoms with Gasteiger partial charge in [0.1, 0.15) is 0 Å². The largest absolute Gasteiger partial charge is 0.296 e. The van der Waals surface area contributed by atoms with Crippen molar-refractivity contribution in [2.75, 3.05) is 28.7 Å². The van der Waals surface area contributed by atoms with Crippen LogP contribution in [0.3, 0.4) is 0 Å². The van der Waals surface area contributed by atoms with Crippen molar-refractivity contribution in [3.63, 3.8) is 0 Å². The van der Waals surface area contributed by atoms with E-state index in [0.717, 1.165) is 32.6 Å². The molecule has 1 heterocycles. The molecule has 7 nitrogen and oxygen atoms in total. The lowest BCUT2D eigenvalue weighted by atomic mass is 10.1. The highest BCUT2D eigenvalue weighted by Gasteiger charge is 2.17. The number of thioether (sulfide) groups is 1. The number of nitrogens with zero attached hydrogens (tertiary/aromatic N) is 3. The average molecular weight is 401 g/mol. The molecule has 0 radical (unpaired) electrons. The van der Waals surface area contributed by atoms with Crippen LogP contribution in [0.2, 0.25) is 0 Å². The number of carbonyl (C=O) groups excluding carboxylic acids is 1. The Bertz CT molecular complexity index is 865. The van der Waals surface area contributed by atoms with E-state index in [-0.39, 0.29) is 5.91 Å². The first-order valence-corrected chi connectivity index (χ1v) is 11.2. The first kappa shape index (κ1) is 19.7. The Hall–Kier alpha value is -1.65. The van der Waals surface area contributed by atoms with Gasteiger partial charge < -0.3 is 0 Å². The number of carbonyl (C=O) groups is 1. The molecule has 136 valence electrons. The Balaban J connectivity index is 2.18. The minimum absolute atomic E-state index is 0.355. The number of hydrogen-bond acceptors (Lipinski definition) is 7. The highest BCUT2D eigenvalue weighted by Crippen LogP contribution is 2.27. The molecule has 0 saturated heterocycles. The molecular formula is C15H20N4O3S3. The lowest BCUT2D eigenvalue weighted by Gasteiger charge is -2.19. The van der Waals surface area contributed by atoms with Gasteiger partial charge in [-0.1, -0.05) is 36.1 Å². The molecule has 0 aliphatic heterocycles. The van der Waals surface area contributed by atoms with E-state index in [2.05, 4.69) is 22.4 Å². The molecular weight excluding hydrogens is 380 g/mol. The Morgan fingerprint density at radius 3 is 2.72 bits per heavy atom. The van der Waals surface area contributed by atoms with Gasteiger partial charge in [-0.3, -0.25) is 14.4 Å². The van der Waals surface area contributed by atoms with Crippen molar-refractivity contribution in [3.8, 4) is 0 Å². The second-order valence-electron chi connectivity index (χ2n) is 5.41. The third kappa shape index (κ3) is 5.16. The third-order valence-corrected chi connectivity index (χ3v) is 6.73. The zero-order chi connectivity index (χ0) is 18.6. The molecule has 10 heteroatoms. The number of benzene rings is 1. The van der Waals surface area contributed by atoms with E-state index in [1.807, 2.05) is 0 Å². The van der Waals surface area contributed by atoms with E-state index in [0.29, 0.717) is 16.4 Å². The van der Waals surface area contributed by atoms with Crippen LogP contribution in [0, 0.1) is 6.92 Å². The highest BCUT2D eigenvalue weighted by molar-refractivity contribution is 8.01. The van der Waals surface area contributed by atoms with E-state index in [1.54, 1.807) is 36.9 Å². The Kier molecular flexibility index (Phi) is 6.42. The lowest BCUT2D eigenvalue weighted by molar-refractivity contribution is 0.102. The summed E-state index contributed by atoms with van der Waals surface area (Å²) >= 11 is 2.91. The molecule has 0 aliphatic rings. The van der Waals surface area contributed by atoms with E-state index in [4.69, 9.17) is 0 Å². The summed E-state index contributed by atoms with van der Waals surface area (Å²) < 4.78 is 25.5. The van der Waals surface area contributed by atoms with Crippen LogP contribution in [-0.2, 0) is 10.0 Å². The van der Waals surface area contributed by atoms with Crippen LogP contribution in [0.1, 0.15) is 29.3 Å². The van der Waals surface area contributed by atoms with Gasteiger partial charge in [0.15, 0.2) is 4.34 Å². The second kappa shape index (κ2) is 8.15. The summed E-state index contributed by atoms with van der Waals surface area (Å²) in [6.07, 6.45) is 2.15. The number of nitrogens with one attached hydrogen (secondary N) is 1. The van der Waals surface area contributed by atoms with Gasteiger partial charge in [0.05, 0.1) is 11.9 Å². The Morgan fingerprint density at radius 2 is 2.08 bits per heavy atom. The molecule has 0 fully saturated rings. The van der Waals surface area contributed by atoms with Crippen molar-refractivity contribution >= 4 is 49.8 Å².